The zero-order chi connectivity index (χ0) is 15.2. The molecule has 21 heavy (non-hydrogen) atoms. The zero-order valence-electron chi connectivity index (χ0n) is 11.2. The Morgan fingerprint density at radius 1 is 1.52 bits per heavy atom. The van der Waals surface area contributed by atoms with Crippen molar-refractivity contribution in [2.45, 2.75) is 25.6 Å². The summed E-state index contributed by atoms with van der Waals surface area (Å²) in [5, 5.41) is 16.1. The Morgan fingerprint density at radius 2 is 2.29 bits per heavy atom. The van der Waals surface area contributed by atoms with Crippen molar-refractivity contribution < 1.29 is 14.3 Å². The van der Waals surface area contributed by atoms with Crippen LogP contribution >= 0.6 is 15.9 Å². The summed E-state index contributed by atoms with van der Waals surface area (Å²) in [6, 6.07) is 6.15. The molecule has 1 aromatic heterocycles. The van der Waals surface area contributed by atoms with E-state index in [1.54, 1.807) is 19.1 Å². The van der Waals surface area contributed by atoms with Gasteiger partial charge in [-0.05, 0) is 31.2 Å². The molecule has 5 nitrogen and oxygen atoms in total. The minimum Gasteiger partial charge on any atom is -0.390 e. The van der Waals surface area contributed by atoms with Crippen LogP contribution in [-0.4, -0.2) is 20.8 Å². The van der Waals surface area contributed by atoms with Gasteiger partial charge >= 0.3 is 0 Å². The van der Waals surface area contributed by atoms with Gasteiger partial charge in [0.1, 0.15) is 11.5 Å². The number of halogens is 2. The largest absolute Gasteiger partial charge is 0.390 e. The molecule has 1 atom stereocenters. The lowest BCUT2D eigenvalue weighted by Gasteiger charge is -2.35. The molecule has 0 spiro atoms. The first-order chi connectivity index (χ1) is 9.93. The van der Waals surface area contributed by atoms with Crippen LogP contribution in [-0.2, 0) is 18.7 Å². The van der Waals surface area contributed by atoms with Crippen molar-refractivity contribution in [3.05, 3.63) is 51.5 Å². The van der Waals surface area contributed by atoms with Crippen molar-refractivity contribution in [2.75, 3.05) is 0 Å². The lowest BCUT2D eigenvalue weighted by Crippen LogP contribution is -2.52. The summed E-state index contributed by atoms with van der Waals surface area (Å²) >= 11 is 3.31. The van der Waals surface area contributed by atoms with Gasteiger partial charge in [0.05, 0.1) is 24.4 Å². The first-order valence-corrected chi connectivity index (χ1v) is 7.18. The molecule has 0 saturated carbocycles. The lowest BCUT2D eigenvalue weighted by atomic mass is 9.89. The Labute approximate surface area is 128 Å². The number of fused-ring (bicyclic) bond motifs is 1. The number of aliphatic hydroxyl groups is 1. The molecule has 1 aliphatic heterocycles. The molecule has 1 aromatic carbocycles. The fourth-order valence-electron chi connectivity index (χ4n) is 2.58. The fourth-order valence-corrected chi connectivity index (χ4v) is 2.94. The lowest BCUT2D eigenvalue weighted by molar-refractivity contribution is 0.0836. The van der Waals surface area contributed by atoms with Crippen LogP contribution in [0.1, 0.15) is 28.7 Å². The fraction of sp³-hybridized carbons (Fsp3) is 0.286. The van der Waals surface area contributed by atoms with Crippen molar-refractivity contribution in [1.29, 1.82) is 0 Å². The maximum atomic E-state index is 14.1. The van der Waals surface area contributed by atoms with Gasteiger partial charge in [0.25, 0.3) is 5.91 Å². The van der Waals surface area contributed by atoms with Gasteiger partial charge in [0.2, 0.25) is 0 Å². The molecule has 0 aliphatic carbocycles. The quantitative estimate of drug-likeness (QED) is 0.866. The predicted octanol–water partition coefficient (Wildman–Crippen LogP) is 1.94. The molecule has 1 aliphatic rings. The smallest absolute Gasteiger partial charge is 0.270 e. The first-order valence-electron chi connectivity index (χ1n) is 6.38. The Hall–Kier alpha value is -1.73. The number of hydrogen-bond acceptors (Lipinski definition) is 3. The maximum absolute atomic E-state index is 14.1. The van der Waals surface area contributed by atoms with Gasteiger partial charge in [0.15, 0.2) is 0 Å². The third kappa shape index (κ3) is 2.36. The highest BCUT2D eigenvalue weighted by Gasteiger charge is 2.38. The molecule has 0 fully saturated rings. The summed E-state index contributed by atoms with van der Waals surface area (Å²) in [5.41, 5.74) is 0.263. The summed E-state index contributed by atoms with van der Waals surface area (Å²) in [6.07, 6.45) is 0. The van der Waals surface area contributed by atoms with E-state index in [1.807, 2.05) is 0 Å². The molecular weight excluding hydrogens is 341 g/mol. The van der Waals surface area contributed by atoms with Gasteiger partial charge in [0, 0.05) is 10.0 Å². The van der Waals surface area contributed by atoms with E-state index >= 15 is 0 Å². The SMILES string of the molecule is C[C@@]1(c2cc(Br)ccc2F)Cn2nc(CO)cc2C(=O)N1. The van der Waals surface area contributed by atoms with Crippen LogP contribution in [0.2, 0.25) is 0 Å². The number of rotatable bonds is 2. The minimum absolute atomic E-state index is 0.241. The molecule has 110 valence electrons. The number of nitrogens with zero attached hydrogens (tertiary/aromatic N) is 2. The number of aromatic nitrogens is 2. The molecule has 2 N–H and O–H groups in total. The number of amides is 1. The Bertz CT molecular complexity index is 731. The second kappa shape index (κ2) is 4.92. The van der Waals surface area contributed by atoms with Gasteiger partial charge in [-0.1, -0.05) is 15.9 Å². The topological polar surface area (TPSA) is 67.1 Å². The van der Waals surface area contributed by atoms with E-state index in [1.165, 1.54) is 16.8 Å². The second-order valence-electron chi connectivity index (χ2n) is 5.25. The van der Waals surface area contributed by atoms with Crippen LogP contribution in [0, 0.1) is 5.82 Å². The number of carbonyl (C=O) groups excluding carboxylic acids is 1. The molecule has 2 heterocycles. The second-order valence-corrected chi connectivity index (χ2v) is 6.16. The molecule has 0 bridgehead atoms. The van der Waals surface area contributed by atoms with Crippen LogP contribution < -0.4 is 5.32 Å². The monoisotopic (exact) mass is 353 g/mol. The normalized spacial score (nSPS) is 21.0. The van der Waals surface area contributed by atoms with Crippen molar-refractivity contribution in [1.82, 2.24) is 15.1 Å². The van der Waals surface area contributed by atoms with Crippen LogP contribution in [0.4, 0.5) is 4.39 Å². The van der Waals surface area contributed by atoms with E-state index in [-0.39, 0.29) is 18.3 Å². The zero-order valence-corrected chi connectivity index (χ0v) is 12.8. The predicted molar refractivity (Wildman–Crippen MR) is 77.1 cm³/mol. The molecule has 7 heteroatoms. The highest BCUT2D eigenvalue weighted by Crippen LogP contribution is 2.31. The molecule has 0 radical (unpaired) electrons. The van der Waals surface area contributed by atoms with Crippen LogP contribution in [0.25, 0.3) is 0 Å². The summed E-state index contributed by atoms with van der Waals surface area (Å²) in [7, 11) is 0. The number of aliphatic hydroxyl groups excluding tert-OH is 1. The number of hydrogen-bond donors (Lipinski definition) is 2. The van der Waals surface area contributed by atoms with Crippen molar-refractivity contribution in [2.24, 2.45) is 0 Å². The molecule has 0 saturated heterocycles. The summed E-state index contributed by atoms with van der Waals surface area (Å²) < 4.78 is 16.4. The van der Waals surface area contributed by atoms with Crippen LogP contribution in [0.5, 0.6) is 0 Å². The summed E-state index contributed by atoms with van der Waals surface area (Å²) in [4.78, 5) is 12.2. The van der Waals surface area contributed by atoms with Gasteiger partial charge < -0.3 is 10.4 Å². The molecule has 1 amide bonds. The Morgan fingerprint density at radius 3 is 3.00 bits per heavy atom. The van der Waals surface area contributed by atoms with Gasteiger partial charge in [-0.15, -0.1) is 0 Å². The van der Waals surface area contributed by atoms with Crippen molar-refractivity contribution >= 4 is 21.8 Å². The Balaban J connectivity index is 2.07. The van der Waals surface area contributed by atoms with Crippen molar-refractivity contribution in [3.63, 3.8) is 0 Å². The van der Waals surface area contributed by atoms with E-state index in [0.717, 1.165) is 4.47 Å². The Kier molecular flexibility index (Phi) is 3.33. The van der Waals surface area contributed by atoms with E-state index in [4.69, 9.17) is 5.11 Å². The van der Waals surface area contributed by atoms with E-state index in [9.17, 15) is 9.18 Å². The molecule has 3 rings (SSSR count). The van der Waals surface area contributed by atoms with Gasteiger partial charge in [-0.2, -0.15) is 5.10 Å². The summed E-state index contributed by atoms with van der Waals surface area (Å²) in [6.45, 7) is 1.80. The van der Waals surface area contributed by atoms with Gasteiger partial charge in [-0.3, -0.25) is 9.48 Å². The van der Waals surface area contributed by atoms with E-state index in [0.29, 0.717) is 23.5 Å². The molecular formula is C14H13BrFN3O2. The van der Waals surface area contributed by atoms with Gasteiger partial charge in [-0.25, -0.2) is 4.39 Å². The third-order valence-electron chi connectivity index (χ3n) is 3.60. The van der Waals surface area contributed by atoms with E-state index in [2.05, 4.69) is 26.3 Å². The van der Waals surface area contributed by atoms with E-state index < -0.39 is 5.54 Å². The highest BCUT2D eigenvalue weighted by molar-refractivity contribution is 9.10. The number of nitrogens with one attached hydrogen (secondary N) is 1. The standard InChI is InChI=1S/C14H13BrFN3O2/c1-14(10-4-8(15)2-3-11(10)16)7-19-12(13(21)17-14)5-9(6-20)18-19/h2-5,20H,6-7H2,1H3,(H,17,21)/t14-/m0/s1. The average molecular weight is 354 g/mol. The van der Waals surface area contributed by atoms with Crippen LogP contribution in [0.15, 0.2) is 28.7 Å². The van der Waals surface area contributed by atoms with Crippen molar-refractivity contribution in [3.8, 4) is 0 Å². The summed E-state index contributed by atoms with van der Waals surface area (Å²) in [5.74, 6) is -0.727. The number of carbonyl (C=O) groups is 1. The highest BCUT2D eigenvalue weighted by atomic mass is 79.9. The first kappa shape index (κ1) is 14.2. The molecule has 0 unspecified atom stereocenters. The average Bonchev–Trinajstić information content (AvgIpc) is 2.84. The molecule has 2 aromatic rings. The third-order valence-corrected chi connectivity index (χ3v) is 4.10. The number of benzene rings is 1. The maximum Gasteiger partial charge on any atom is 0.270 e. The minimum atomic E-state index is -0.906. The van der Waals surface area contributed by atoms with Crippen LogP contribution in [0.3, 0.4) is 0 Å².